The molecule has 0 fully saturated rings. The van der Waals surface area contributed by atoms with Gasteiger partial charge in [-0.05, 0) is 68.6 Å². The molecule has 0 bridgehead atoms. The Kier molecular flexibility index (Phi) is 23.6. The molecule has 2 N–H and O–H groups in total. The summed E-state index contributed by atoms with van der Waals surface area (Å²) in [6, 6.07) is 0. The summed E-state index contributed by atoms with van der Waals surface area (Å²) < 4.78 is 0. The van der Waals surface area contributed by atoms with Gasteiger partial charge in [-0.2, -0.15) is 0 Å². The molecule has 1 aliphatic carbocycles. The average Bonchev–Trinajstić information content (AvgIpc) is 2.95. The Morgan fingerprint density at radius 1 is 0.750 bits per heavy atom. The first-order valence-electron chi connectivity index (χ1n) is 17.4. The maximum atomic E-state index is 10.8. The highest BCUT2D eigenvalue weighted by Gasteiger charge is 2.40. The van der Waals surface area contributed by atoms with Crippen molar-refractivity contribution < 1.29 is 20.0 Å². The van der Waals surface area contributed by atoms with E-state index in [0.29, 0.717) is 23.7 Å². The van der Waals surface area contributed by atoms with Crippen LogP contribution in [0.25, 0.3) is 0 Å². The predicted octanol–water partition coefficient (Wildman–Crippen LogP) is 11.6. The lowest BCUT2D eigenvalue weighted by Crippen LogP contribution is -2.40. The molecular formula is C36H66O4. The highest BCUT2D eigenvalue weighted by Crippen LogP contribution is 2.45. The minimum absolute atomic E-state index is 0.0759. The number of unbranched alkanes of at least 4 members (excludes halogenated alkanes) is 15. The average molecular weight is 563 g/mol. The maximum absolute atomic E-state index is 10.8. The van der Waals surface area contributed by atoms with Gasteiger partial charge in [-0.3, -0.25) is 10.1 Å². The molecule has 0 spiro atoms. The molecule has 40 heavy (non-hydrogen) atoms. The molecule has 0 aromatic rings. The minimum atomic E-state index is -0.684. The van der Waals surface area contributed by atoms with Crippen LogP contribution in [0.4, 0.5) is 0 Å². The van der Waals surface area contributed by atoms with E-state index in [-0.39, 0.29) is 12.5 Å². The molecule has 1 aliphatic rings. The quantitative estimate of drug-likeness (QED) is 0.0430. The second-order valence-corrected chi connectivity index (χ2v) is 12.6. The van der Waals surface area contributed by atoms with Crippen LogP contribution in [0.2, 0.25) is 0 Å². The Balaban J connectivity index is 2.89. The van der Waals surface area contributed by atoms with Gasteiger partial charge in [0.1, 0.15) is 0 Å². The minimum Gasteiger partial charge on any atom is -0.481 e. The summed E-state index contributed by atoms with van der Waals surface area (Å²) in [6.45, 7) is 8.40. The van der Waals surface area contributed by atoms with E-state index < -0.39 is 5.97 Å². The van der Waals surface area contributed by atoms with Crippen molar-refractivity contribution in [1.82, 2.24) is 0 Å². The first kappa shape index (κ1) is 36.9. The first-order chi connectivity index (χ1) is 19.6. The first-order valence-corrected chi connectivity index (χ1v) is 17.4. The molecule has 5 atom stereocenters. The van der Waals surface area contributed by atoms with Crippen molar-refractivity contribution in [3.63, 3.8) is 0 Å². The van der Waals surface area contributed by atoms with Gasteiger partial charge in [0.2, 0.25) is 0 Å². The summed E-state index contributed by atoms with van der Waals surface area (Å²) in [5.74, 6) is 1.37. The molecule has 0 radical (unpaired) electrons. The zero-order chi connectivity index (χ0) is 29.3. The topological polar surface area (TPSA) is 66.8 Å². The van der Waals surface area contributed by atoms with Crippen molar-refractivity contribution in [2.75, 3.05) is 0 Å². The van der Waals surface area contributed by atoms with Gasteiger partial charge in [0.05, 0.1) is 6.10 Å². The van der Waals surface area contributed by atoms with Gasteiger partial charge in [-0.15, -0.1) is 6.58 Å². The van der Waals surface area contributed by atoms with Crippen LogP contribution in [0, 0.1) is 23.7 Å². The molecule has 0 heterocycles. The lowest BCUT2D eigenvalue weighted by atomic mass is 9.63. The molecule has 0 aromatic heterocycles. The Morgan fingerprint density at radius 2 is 1.27 bits per heavy atom. The van der Waals surface area contributed by atoms with Crippen LogP contribution in [-0.2, 0) is 9.68 Å². The number of aliphatic carboxylic acids is 1. The van der Waals surface area contributed by atoms with Gasteiger partial charge in [0.15, 0.2) is 0 Å². The third kappa shape index (κ3) is 17.0. The van der Waals surface area contributed by atoms with Gasteiger partial charge < -0.3 is 5.11 Å². The second kappa shape index (κ2) is 25.6. The summed E-state index contributed by atoms with van der Waals surface area (Å²) in [5, 5.41) is 19.2. The van der Waals surface area contributed by atoms with Crippen LogP contribution < -0.4 is 0 Å². The van der Waals surface area contributed by atoms with E-state index in [1.165, 1.54) is 96.3 Å². The number of carboxylic acid groups (broad SMARTS) is 1. The van der Waals surface area contributed by atoms with Gasteiger partial charge in [-0.1, -0.05) is 135 Å². The van der Waals surface area contributed by atoms with Gasteiger partial charge in [0.25, 0.3) is 0 Å². The summed E-state index contributed by atoms with van der Waals surface area (Å²) in [7, 11) is 0. The standard InChI is InChI=1S/C36H66O4/c1-4-7-10-13-14-17-22-27-34(40-39)36-32(25-20-16-15-18-23-28-35(37)38)30-29-31(24-19-11-8-5-2)33(36)26-21-12-9-6-3/h4,29-34,36,39H,1,5-28H2,2-3H3,(H,37,38). The monoisotopic (exact) mass is 562 g/mol. The Labute approximate surface area is 248 Å². The van der Waals surface area contributed by atoms with E-state index in [9.17, 15) is 10.1 Å². The summed E-state index contributed by atoms with van der Waals surface area (Å²) in [5.41, 5.74) is 0. The van der Waals surface area contributed by atoms with Crippen molar-refractivity contribution in [3.8, 4) is 0 Å². The number of carboxylic acids is 1. The van der Waals surface area contributed by atoms with E-state index in [1.54, 1.807) is 0 Å². The van der Waals surface area contributed by atoms with Crippen LogP contribution in [0.3, 0.4) is 0 Å². The van der Waals surface area contributed by atoms with Gasteiger partial charge in [0, 0.05) is 6.42 Å². The molecule has 4 nitrogen and oxygen atoms in total. The molecule has 234 valence electrons. The van der Waals surface area contributed by atoms with Crippen molar-refractivity contribution >= 4 is 5.97 Å². The second-order valence-electron chi connectivity index (χ2n) is 12.6. The predicted molar refractivity (Wildman–Crippen MR) is 171 cm³/mol. The molecule has 0 saturated carbocycles. The molecule has 0 saturated heterocycles. The number of carbonyl (C=O) groups is 1. The molecule has 0 aliphatic heterocycles. The zero-order valence-electron chi connectivity index (χ0n) is 26.5. The van der Waals surface area contributed by atoms with E-state index >= 15 is 0 Å². The van der Waals surface area contributed by atoms with E-state index in [0.717, 1.165) is 51.4 Å². The SMILES string of the molecule is C=CCCCCCCCC(OO)C1C(CCCCCCCC(=O)O)C=CC(CCCCCC)C1CCCCCC. The van der Waals surface area contributed by atoms with Crippen molar-refractivity contribution in [2.45, 2.75) is 174 Å². The maximum Gasteiger partial charge on any atom is 0.303 e. The number of rotatable bonds is 28. The largest absolute Gasteiger partial charge is 0.481 e. The smallest absolute Gasteiger partial charge is 0.303 e. The van der Waals surface area contributed by atoms with E-state index in [4.69, 9.17) is 9.99 Å². The third-order valence-electron chi connectivity index (χ3n) is 9.32. The molecule has 5 unspecified atom stereocenters. The van der Waals surface area contributed by atoms with Crippen LogP contribution in [0.1, 0.15) is 168 Å². The molecule has 1 rings (SSSR count). The van der Waals surface area contributed by atoms with Gasteiger partial charge >= 0.3 is 5.97 Å². The fourth-order valence-electron chi connectivity index (χ4n) is 7.00. The summed E-state index contributed by atoms with van der Waals surface area (Å²) in [6.07, 6.45) is 34.7. The Bertz CT molecular complexity index is 630. The highest BCUT2D eigenvalue weighted by atomic mass is 17.1. The molecule has 0 aromatic carbocycles. The lowest BCUT2D eigenvalue weighted by Gasteiger charge is -2.43. The fraction of sp³-hybridized carbons (Fsp3) is 0.861. The van der Waals surface area contributed by atoms with Crippen molar-refractivity contribution in [3.05, 3.63) is 24.8 Å². The number of allylic oxidation sites excluding steroid dienone is 3. The normalized spacial score (nSPS) is 21.5. The Hall–Kier alpha value is -1.13. The van der Waals surface area contributed by atoms with Crippen molar-refractivity contribution in [2.24, 2.45) is 23.7 Å². The molecular weight excluding hydrogens is 496 g/mol. The van der Waals surface area contributed by atoms with Gasteiger partial charge in [-0.25, -0.2) is 4.89 Å². The number of hydrogen-bond donors (Lipinski definition) is 2. The van der Waals surface area contributed by atoms with Crippen LogP contribution in [0.5, 0.6) is 0 Å². The van der Waals surface area contributed by atoms with E-state index in [2.05, 4.69) is 32.6 Å². The number of hydrogen-bond acceptors (Lipinski definition) is 3. The van der Waals surface area contributed by atoms with E-state index in [1.807, 2.05) is 6.08 Å². The molecule has 4 heteroatoms. The van der Waals surface area contributed by atoms with Crippen LogP contribution >= 0.6 is 0 Å². The molecule has 0 amide bonds. The summed E-state index contributed by atoms with van der Waals surface area (Å²) in [4.78, 5) is 16.2. The lowest BCUT2D eigenvalue weighted by molar-refractivity contribution is -0.300. The third-order valence-corrected chi connectivity index (χ3v) is 9.32. The zero-order valence-corrected chi connectivity index (χ0v) is 26.5. The highest BCUT2D eigenvalue weighted by molar-refractivity contribution is 5.66. The van der Waals surface area contributed by atoms with Crippen LogP contribution in [-0.4, -0.2) is 22.4 Å². The Morgan fingerprint density at radius 3 is 1.90 bits per heavy atom. The fourth-order valence-corrected chi connectivity index (χ4v) is 7.00. The summed E-state index contributed by atoms with van der Waals surface area (Å²) >= 11 is 0. The van der Waals surface area contributed by atoms with Crippen LogP contribution in [0.15, 0.2) is 24.8 Å². The van der Waals surface area contributed by atoms with Crippen molar-refractivity contribution in [1.29, 1.82) is 0 Å².